The Hall–Kier alpha value is -2.50. The van der Waals surface area contributed by atoms with Gasteiger partial charge < -0.3 is 9.84 Å². The minimum absolute atomic E-state index is 0.581. The first-order valence-corrected chi connectivity index (χ1v) is 6.06. The Bertz CT molecular complexity index is 694. The van der Waals surface area contributed by atoms with Gasteiger partial charge in [0.05, 0.1) is 5.52 Å². The highest BCUT2D eigenvalue weighted by Crippen LogP contribution is 2.11. The van der Waals surface area contributed by atoms with E-state index in [0.29, 0.717) is 30.6 Å². The van der Waals surface area contributed by atoms with Gasteiger partial charge >= 0.3 is 0 Å². The lowest BCUT2D eigenvalue weighted by molar-refractivity contribution is 0.387. The molecule has 1 aromatic carbocycles. The fourth-order valence-electron chi connectivity index (χ4n) is 1.79. The summed E-state index contributed by atoms with van der Waals surface area (Å²) in [4.78, 5) is 12.8. The Labute approximate surface area is 109 Å². The van der Waals surface area contributed by atoms with E-state index in [1.807, 2.05) is 30.5 Å². The number of aryl methyl sites for hydroxylation is 1. The van der Waals surface area contributed by atoms with Gasteiger partial charge in [0.1, 0.15) is 0 Å². The van der Waals surface area contributed by atoms with Crippen LogP contribution >= 0.6 is 0 Å². The second kappa shape index (κ2) is 5.01. The zero-order valence-corrected chi connectivity index (χ0v) is 10.5. The largest absolute Gasteiger partial charge is 0.354 e. The van der Waals surface area contributed by atoms with Crippen LogP contribution in [0, 0.1) is 6.92 Å². The lowest BCUT2D eigenvalue weighted by atomic mass is 10.2. The lowest BCUT2D eigenvalue weighted by Crippen LogP contribution is -2.08. The normalized spacial score (nSPS) is 10.8. The van der Waals surface area contributed by atoms with E-state index in [4.69, 9.17) is 4.52 Å². The van der Waals surface area contributed by atoms with Gasteiger partial charge in [-0.15, -0.1) is 0 Å². The summed E-state index contributed by atoms with van der Waals surface area (Å²) < 4.78 is 4.90. The molecule has 3 rings (SSSR count). The highest BCUT2D eigenvalue weighted by atomic mass is 16.5. The molecule has 0 spiro atoms. The van der Waals surface area contributed by atoms with E-state index < -0.39 is 0 Å². The molecule has 0 aliphatic heterocycles. The molecular formula is C13H13N5O. The number of anilines is 1. The van der Waals surface area contributed by atoms with Crippen molar-refractivity contribution in [3.05, 3.63) is 42.2 Å². The molecule has 0 fully saturated rings. The van der Waals surface area contributed by atoms with Crippen LogP contribution in [-0.2, 0) is 6.42 Å². The van der Waals surface area contributed by atoms with Gasteiger partial charge in [-0.2, -0.15) is 4.98 Å². The molecule has 1 N–H and O–H groups in total. The summed E-state index contributed by atoms with van der Waals surface area (Å²) in [7, 11) is 0. The predicted molar refractivity (Wildman–Crippen MR) is 70.8 cm³/mol. The summed E-state index contributed by atoms with van der Waals surface area (Å²) in [6.45, 7) is 2.44. The van der Waals surface area contributed by atoms with Crippen molar-refractivity contribution in [1.29, 1.82) is 0 Å². The summed E-state index contributed by atoms with van der Waals surface area (Å²) >= 11 is 0. The van der Waals surface area contributed by atoms with Crippen LogP contribution in [0.15, 0.2) is 35.0 Å². The molecule has 0 unspecified atom stereocenters. The van der Waals surface area contributed by atoms with Crippen LogP contribution in [0.1, 0.15) is 11.7 Å². The van der Waals surface area contributed by atoms with Crippen LogP contribution in [0.4, 0.5) is 5.95 Å². The molecule has 0 atom stereocenters. The second-order valence-electron chi connectivity index (χ2n) is 4.16. The van der Waals surface area contributed by atoms with Crippen molar-refractivity contribution in [1.82, 2.24) is 20.1 Å². The third-order valence-electron chi connectivity index (χ3n) is 2.69. The van der Waals surface area contributed by atoms with Gasteiger partial charge in [0.25, 0.3) is 0 Å². The molecule has 0 aliphatic carbocycles. The minimum atomic E-state index is 0.581. The second-order valence-corrected chi connectivity index (χ2v) is 4.16. The van der Waals surface area contributed by atoms with Crippen LogP contribution < -0.4 is 5.32 Å². The molecule has 0 radical (unpaired) electrons. The SMILES string of the molecule is Cc1nc(CCNc2ncc3ccccc3n2)no1. The fraction of sp³-hybridized carbons (Fsp3) is 0.231. The maximum absolute atomic E-state index is 4.90. The van der Waals surface area contributed by atoms with E-state index in [1.54, 1.807) is 6.92 Å². The van der Waals surface area contributed by atoms with Crippen molar-refractivity contribution < 1.29 is 4.52 Å². The van der Waals surface area contributed by atoms with E-state index in [9.17, 15) is 0 Å². The Morgan fingerprint density at radius 3 is 2.95 bits per heavy atom. The molecule has 19 heavy (non-hydrogen) atoms. The van der Waals surface area contributed by atoms with Gasteiger partial charge in [-0.25, -0.2) is 9.97 Å². The van der Waals surface area contributed by atoms with Crippen molar-refractivity contribution in [2.24, 2.45) is 0 Å². The summed E-state index contributed by atoms with van der Waals surface area (Å²) in [5.74, 6) is 1.88. The number of hydrogen-bond donors (Lipinski definition) is 1. The average Bonchev–Trinajstić information content (AvgIpc) is 2.84. The number of hydrogen-bond acceptors (Lipinski definition) is 6. The van der Waals surface area contributed by atoms with Gasteiger partial charge in [-0.1, -0.05) is 23.4 Å². The van der Waals surface area contributed by atoms with Crippen LogP contribution in [0.3, 0.4) is 0 Å². The number of rotatable bonds is 4. The van der Waals surface area contributed by atoms with Crippen molar-refractivity contribution in [3.8, 4) is 0 Å². The molecule has 6 nitrogen and oxygen atoms in total. The molecule has 2 heterocycles. The topological polar surface area (TPSA) is 76.7 Å². The molecule has 0 amide bonds. The highest BCUT2D eigenvalue weighted by molar-refractivity contribution is 5.78. The van der Waals surface area contributed by atoms with E-state index in [1.165, 1.54) is 0 Å². The number of benzene rings is 1. The van der Waals surface area contributed by atoms with Crippen LogP contribution in [0.25, 0.3) is 10.9 Å². The standard InChI is InChI=1S/C13H13N5O/c1-9-16-12(18-19-9)6-7-14-13-15-8-10-4-2-3-5-11(10)17-13/h2-5,8H,6-7H2,1H3,(H,14,15,17). The Kier molecular flexibility index (Phi) is 3.06. The van der Waals surface area contributed by atoms with E-state index in [-0.39, 0.29) is 0 Å². The zero-order valence-electron chi connectivity index (χ0n) is 10.5. The van der Waals surface area contributed by atoms with Gasteiger partial charge in [-0.05, 0) is 6.07 Å². The van der Waals surface area contributed by atoms with Crippen LogP contribution in [0.5, 0.6) is 0 Å². The number of para-hydroxylation sites is 1. The lowest BCUT2D eigenvalue weighted by Gasteiger charge is -2.03. The molecule has 0 aliphatic rings. The van der Waals surface area contributed by atoms with Crippen molar-refractivity contribution in [3.63, 3.8) is 0 Å². The predicted octanol–water partition coefficient (Wildman–Crippen LogP) is 1.98. The fourth-order valence-corrected chi connectivity index (χ4v) is 1.79. The zero-order chi connectivity index (χ0) is 13.1. The summed E-state index contributed by atoms with van der Waals surface area (Å²) in [6.07, 6.45) is 2.48. The molecule has 96 valence electrons. The monoisotopic (exact) mass is 255 g/mol. The first-order chi connectivity index (χ1) is 9.31. The van der Waals surface area contributed by atoms with Gasteiger partial charge in [0, 0.05) is 31.5 Å². The smallest absolute Gasteiger partial charge is 0.223 e. The Morgan fingerprint density at radius 2 is 2.11 bits per heavy atom. The third kappa shape index (κ3) is 2.67. The molecule has 2 aromatic heterocycles. The highest BCUT2D eigenvalue weighted by Gasteiger charge is 2.03. The maximum Gasteiger partial charge on any atom is 0.223 e. The number of nitrogens with zero attached hydrogens (tertiary/aromatic N) is 4. The average molecular weight is 255 g/mol. The third-order valence-corrected chi connectivity index (χ3v) is 2.69. The number of aromatic nitrogens is 4. The first-order valence-electron chi connectivity index (χ1n) is 6.06. The van der Waals surface area contributed by atoms with Crippen LogP contribution in [-0.4, -0.2) is 26.7 Å². The Balaban J connectivity index is 1.65. The number of nitrogens with one attached hydrogen (secondary N) is 1. The summed E-state index contributed by atoms with van der Waals surface area (Å²) in [6, 6.07) is 7.88. The van der Waals surface area contributed by atoms with Gasteiger partial charge in [0.2, 0.25) is 11.8 Å². The summed E-state index contributed by atoms with van der Waals surface area (Å²) in [5.41, 5.74) is 0.926. The van der Waals surface area contributed by atoms with E-state index >= 15 is 0 Å². The van der Waals surface area contributed by atoms with Gasteiger partial charge in [0.15, 0.2) is 5.82 Å². The number of fused-ring (bicyclic) bond motifs is 1. The first kappa shape index (κ1) is 11.6. The molecule has 3 aromatic rings. The van der Waals surface area contributed by atoms with Crippen molar-refractivity contribution in [2.75, 3.05) is 11.9 Å². The maximum atomic E-state index is 4.90. The Morgan fingerprint density at radius 1 is 1.21 bits per heavy atom. The van der Waals surface area contributed by atoms with E-state index in [0.717, 1.165) is 10.9 Å². The quantitative estimate of drug-likeness (QED) is 0.768. The minimum Gasteiger partial charge on any atom is -0.354 e. The molecule has 6 heteroatoms. The molecule has 0 bridgehead atoms. The van der Waals surface area contributed by atoms with E-state index in [2.05, 4.69) is 25.4 Å². The molecule has 0 saturated carbocycles. The molecule has 0 saturated heterocycles. The van der Waals surface area contributed by atoms with Crippen LogP contribution in [0.2, 0.25) is 0 Å². The van der Waals surface area contributed by atoms with Crippen molar-refractivity contribution >= 4 is 16.9 Å². The molecular weight excluding hydrogens is 242 g/mol. The van der Waals surface area contributed by atoms with Gasteiger partial charge in [-0.3, -0.25) is 0 Å². The van der Waals surface area contributed by atoms with Crippen molar-refractivity contribution in [2.45, 2.75) is 13.3 Å². The summed E-state index contributed by atoms with van der Waals surface area (Å²) in [5, 5.41) is 8.01.